The number of pyridine rings is 1. The van der Waals surface area contributed by atoms with Crippen LogP contribution in [0.5, 0.6) is 0 Å². The van der Waals surface area contributed by atoms with Gasteiger partial charge in [0.15, 0.2) is 0 Å². The minimum atomic E-state index is -0.941. The number of anilines is 1. The van der Waals surface area contributed by atoms with Crippen LogP contribution in [-0.2, 0) is 4.79 Å². The van der Waals surface area contributed by atoms with Gasteiger partial charge >= 0.3 is 12.0 Å². The number of amides is 2. The fourth-order valence-electron chi connectivity index (χ4n) is 1.91. The lowest BCUT2D eigenvalue weighted by atomic mass is 9.81. The fourth-order valence-corrected chi connectivity index (χ4v) is 1.91. The van der Waals surface area contributed by atoms with Gasteiger partial charge in [0, 0.05) is 12.7 Å². The monoisotopic (exact) mass is 263 g/mol. The van der Waals surface area contributed by atoms with Crippen molar-refractivity contribution in [3.63, 3.8) is 0 Å². The van der Waals surface area contributed by atoms with Gasteiger partial charge < -0.3 is 10.4 Å². The van der Waals surface area contributed by atoms with E-state index >= 15 is 0 Å². The Hall–Kier alpha value is -2.11. The average Bonchev–Trinajstić information content (AvgIpc) is 2.29. The van der Waals surface area contributed by atoms with E-state index in [0.717, 1.165) is 0 Å². The first kappa shape index (κ1) is 13.3. The maximum Gasteiger partial charge on any atom is 0.320 e. The molecule has 0 aromatic carbocycles. The molecule has 1 aliphatic carbocycles. The highest BCUT2D eigenvalue weighted by Gasteiger charge is 2.19. The summed E-state index contributed by atoms with van der Waals surface area (Å²) in [6.45, 7) is 0.0985. The molecule has 0 radical (unpaired) electrons. The molecule has 1 heterocycles. The second-order valence-corrected chi connectivity index (χ2v) is 4.63. The summed E-state index contributed by atoms with van der Waals surface area (Å²) in [5.74, 6) is 0.144. The number of carboxylic acids is 1. The third-order valence-electron chi connectivity index (χ3n) is 3.23. The Bertz CT molecular complexity index is 455. The summed E-state index contributed by atoms with van der Waals surface area (Å²) >= 11 is 0. The zero-order valence-corrected chi connectivity index (χ0v) is 10.6. The highest BCUT2D eigenvalue weighted by Crippen LogP contribution is 2.35. The fraction of sp³-hybridized carbons (Fsp3) is 0.462. The number of carbonyl (C=O) groups excluding carboxylic acids is 1. The van der Waals surface area contributed by atoms with E-state index in [-0.39, 0.29) is 13.0 Å². The van der Waals surface area contributed by atoms with E-state index < -0.39 is 12.0 Å². The summed E-state index contributed by atoms with van der Waals surface area (Å²) in [6, 6.07) is 3.30. The summed E-state index contributed by atoms with van der Waals surface area (Å²) in [5.41, 5.74) is 1.21. The second-order valence-electron chi connectivity index (χ2n) is 4.63. The number of nitrogens with one attached hydrogen (secondary N) is 2. The van der Waals surface area contributed by atoms with Crippen LogP contribution < -0.4 is 10.6 Å². The van der Waals surface area contributed by atoms with Crippen LogP contribution in [0.3, 0.4) is 0 Å². The molecule has 0 spiro atoms. The molecule has 2 amide bonds. The number of hydrogen-bond donors (Lipinski definition) is 3. The molecule has 1 saturated carbocycles. The number of nitrogens with zero attached hydrogens (tertiary/aromatic N) is 1. The van der Waals surface area contributed by atoms with Gasteiger partial charge in [-0.2, -0.15) is 0 Å². The SMILES string of the molecule is O=C(O)CCNC(=O)Nc1ccc(C2CCC2)cn1. The van der Waals surface area contributed by atoms with Crippen LogP contribution in [0.4, 0.5) is 10.6 Å². The van der Waals surface area contributed by atoms with Crippen LogP contribution in [0.25, 0.3) is 0 Å². The topological polar surface area (TPSA) is 91.3 Å². The molecule has 6 nitrogen and oxygen atoms in total. The Morgan fingerprint density at radius 1 is 1.37 bits per heavy atom. The Labute approximate surface area is 111 Å². The van der Waals surface area contributed by atoms with Gasteiger partial charge in [0.2, 0.25) is 0 Å². The lowest BCUT2D eigenvalue weighted by Gasteiger charge is -2.25. The van der Waals surface area contributed by atoms with Crippen molar-refractivity contribution in [2.75, 3.05) is 11.9 Å². The van der Waals surface area contributed by atoms with Gasteiger partial charge in [-0.15, -0.1) is 0 Å². The normalized spacial score (nSPS) is 14.5. The molecule has 1 fully saturated rings. The van der Waals surface area contributed by atoms with Crippen LogP contribution >= 0.6 is 0 Å². The van der Waals surface area contributed by atoms with Gasteiger partial charge in [-0.05, 0) is 30.4 Å². The van der Waals surface area contributed by atoms with Crippen molar-refractivity contribution in [2.45, 2.75) is 31.6 Å². The van der Waals surface area contributed by atoms with E-state index in [0.29, 0.717) is 11.7 Å². The average molecular weight is 263 g/mol. The van der Waals surface area contributed by atoms with Crippen molar-refractivity contribution in [1.29, 1.82) is 0 Å². The van der Waals surface area contributed by atoms with Crippen LogP contribution in [0.1, 0.15) is 37.2 Å². The summed E-state index contributed by atoms with van der Waals surface area (Å²) in [5, 5.41) is 13.5. The van der Waals surface area contributed by atoms with Gasteiger partial charge in [-0.1, -0.05) is 12.5 Å². The maximum absolute atomic E-state index is 11.4. The van der Waals surface area contributed by atoms with Crippen molar-refractivity contribution in [2.24, 2.45) is 0 Å². The number of rotatable bonds is 5. The molecule has 3 N–H and O–H groups in total. The van der Waals surface area contributed by atoms with E-state index in [2.05, 4.69) is 15.6 Å². The van der Waals surface area contributed by atoms with E-state index in [4.69, 9.17) is 5.11 Å². The zero-order valence-electron chi connectivity index (χ0n) is 10.6. The lowest BCUT2D eigenvalue weighted by molar-refractivity contribution is -0.136. The van der Waals surface area contributed by atoms with Gasteiger partial charge in [0.05, 0.1) is 6.42 Å². The Morgan fingerprint density at radius 3 is 2.68 bits per heavy atom. The van der Waals surface area contributed by atoms with Crippen molar-refractivity contribution < 1.29 is 14.7 Å². The van der Waals surface area contributed by atoms with Gasteiger partial charge in [0.1, 0.15) is 5.82 Å². The number of carbonyl (C=O) groups is 2. The van der Waals surface area contributed by atoms with Gasteiger partial charge in [-0.25, -0.2) is 9.78 Å². The first-order valence-corrected chi connectivity index (χ1v) is 6.38. The van der Waals surface area contributed by atoms with E-state index in [1.165, 1.54) is 24.8 Å². The smallest absolute Gasteiger partial charge is 0.320 e. The molecule has 19 heavy (non-hydrogen) atoms. The quantitative estimate of drug-likeness (QED) is 0.757. The first-order chi connectivity index (χ1) is 9.15. The minimum absolute atomic E-state index is 0.0958. The van der Waals surface area contributed by atoms with Gasteiger partial charge in [0.25, 0.3) is 0 Å². The molecule has 0 atom stereocenters. The van der Waals surface area contributed by atoms with E-state index in [1.807, 2.05) is 6.07 Å². The molecular formula is C13H17N3O3. The predicted octanol–water partition coefficient (Wildman–Crippen LogP) is 1.95. The molecule has 0 unspecified atom stereocenters. The Morgan fingerprint density at radius 2 is 2.16 bits per heavy atom. The first-order valence-electron chi connectivity index (χ1n) is 6.38. The molecule has 102 valence electrons. The third kappa shape index (κ3) is 3.94. The molecule has 0 saturated heterocycles. The molecule has 0 aliphatic heterocycles. The molecule has 1 aromatic rings. The second kappa shape index (κ2) is 6.17. The Balaban J connectivity index is 1.78. The number of aliphatic carboxylic acids is 1. The molecule has 6 heteroatoms. The van der Waals surface area contributed by atoms with Crippen molar-refractivity contribution in [3.05, 3.63) is 23.9 Å². The number of aromatic nitrogens is 1. The molecule has 2 rings (SSSR count). The van der Waals surface area contributed by atoms with Crippen molar-refractivity contribution in [3.8, 4) is 0 Å². The molecule has 0 bridgehead atoms. The number of urea groups is 1. The highest BCUT2D eigenvalue weighted by atomic mass is 16.4. The summed E-state index contributed by atoms with van der Waals surface area (Å²) in [6.07, 6.45) is 5.39. The van der Waals surface area contributed by atoms with Crippen LogP contribution in [0.2, 0.25) is 0 Å². The minimum Gasteiger partial charge on any atom is -0.481 e. The molecular weight excluding hydrogens is 246 g/mol. The maximum atomic E-state index is 11.4. The number of carboxylic acid groups (broad SMARTS) is 1. The summed E-state index contributed by atoms with van der Waals surface area (Å²) < 4.78 is 0. The number of hydrogen-bond acceptors (Lipinski definition) is 3. The van der Waals surface area contributed by atoms with Gasteiger partial charge in [-0.3, -0.25) is 10.1 Å². The third-order valence-corrected chi connectivity index (χ3v) is 3.23. The lowest BCUT2D eigenvalue weighted by Crippen LogP contribution is -2.30. The van der Waals surface area contributed by atoms with Crippen LogP contribution in [0.15, 0.2) is 18.3 Å². The standard InChI is InChI=1S/C13H17N3O3/c17-12(18)6-7-14-13(19)16-11-5-4-10(8-15-11)9-2-1-3-9/h4-5,8-9H,1-3,6-7H2,(H,17,18)(H2,14,15,16,19). The highest BCUT2D eigenvalue weighted by molar-refractivity contribution is 5.88. The zero-order chi connectivity index (χ0) is 13.7. The van der Waals surface area contributed by atoms with Crippen LogP contribution in [0, 0.1) is 0 Å². The largest absolute Gasteiger partial charge is 0.481 e. The molecule has 1 aromatic heterocycles. The Kier molecular flexibility index (Phi) is 4.33. The van der Waals surface area contributed by atoms with E-state index in [9.17, 15) is 9.59 Å². The van der Waals surface area contributed by atoms with Crippen LogP contribution in [-0.4, -0.2) is 28.6 Å². The van der Waals surface area contributed by atoms with E-state index in [1.54, 1.807) is 12.3 Å². The molecule has 1 aliphatic rings. The van der Waals surface area contributed by atoms with Crippen molar-refractivity contribution in [1.82, 2.24) is 10.3 Å². The summed E-state index contributed by atoms with van der Waals surface area (Å²) in [4.78, 5) is 25.9. The predicted molar refractivity (Wildman–Crippen MR) is 70.1 cm³/mol. The van der Waals surface area contributed by atoms with Crippen molar-refractivity contribution >= 4 is 17.8 Å². The summed E-state index contributed by atoms with van der Waals surface area (Å²) in [7, 11) is 0.